The summed E-state index contributed by atoms with van der Waals surface area (Å²) in [4.78, 5) is 21.0. The third-order valence-corrected chi connectivity index (χ3v) is 4.06. The quantitative estimate of drug-likeness (QED) is 0.754. The first-order valence-corrected chi connectivity index (χ1v) is 7.79. The predicted molar refractivity (Wildman–Crippen MR) is 85.5 cm³/mol. The Bertz CT molecular complexity index is 879. The second-order valence-electron chi connectivity index (χ2n) is 5.15. The van der Waals surface area contributed by atoms with Gasteiger partial charge in [-0.2, -0.15) is 8.78 Å². The lowest BCUT2D eigenvalue weighted by Gasteiger charge is -2.08. The van der Waals surface area contributed by atoms with Gasteiger partial charge in [0, 0.05) is 20.2 Å². The average molecular weight is 352 g/mol. The molecule has 0 atom stereocenters. The molecule has 0 aliphatic carbocycles. The highest BCUT2D eigenvalue weighted by Gasteiger charge is 2.28. The highest BCUT2D eigenvalue weighted by Crippen LogP contribution is 2.34. The van der Waals surface area contributed by atoms with Gasteiger partial charge in [-0.05, 0) is 6.92 Å². The van der Waals surface area contributed by atoms with Gasteiger partial charge in [0.1, 0.15) is 11.6 Å². The zero-order chi connectivity index (χ0) is 17.3. The molecule has 0 aliphatic heterocycles. The molecule has 10 heteroatoms. The van der Waals surface area contributed by atoms with Crippen molar-refractivity contribution in [2.24, 2.45) is 0 Å². The average Bonchev–Trinajstić information content (AvgIpc) is 2.96. The number of aryl methyl sites for hydroxylation is 1. The van der Waals surface area contributed by atoms with E-state index < -0.39 is 5.92 Å². The zero-order valence-electron chi connectivity index (χ0n) is 13.2. The Kier molecular flexibility index (Phi) is 4.33. The molecule has 0 spiro atoms. The van der Waals surface area contributed by atoms with Gasteiger partial charge in [0.15, 0.2) is 27.8 Å². The number of methoxy groups -OCH3 is 1. The van der Waals surface area contributed by atoms with Gasteiger partial charge in [-0.15, -0.1) is 0 Å². The zero-order valence-corrected chi connectivity index (χ0v) is 14.0. The molecule has 0 radical (unpaired) electrons. The second kappa shape index (κ2) is 6.29. The van der Waals surface area contributed by atoms with Crippen molar-refractivity contribution in [1.82, 2.24) is 24.9 Å². The lowest BCUT2D eigenvalue weighted by molar-refractivity contribution is 0.0172. The molecule has 24 heavy (non-hydrogen) atoms. The SMILES string of the molecule is COCc1nc(Nc2cnc(C(C)(F)F)s2)c2ncc(C)nc2n1. The van der Waals surface area contributed by atoms with Crippen LogP contribution in [0.5, 0.6) is 0 Å². The summed E-state index contributed by atoms with van der Waals surface area (Å²) in [5.74, 6) is -2.21. The van der Waals surface area contributed by atoms with E-state index in [1.807, 2.05) is 0 Å². The van der Waals surface area contributed by atoms with Crippen molar-refractivity contribution in [1.29, 1.82) is 0 Å². The molecule has 1 N–H and O–H groups in total. The van der Waals surface area contributed by atoms with Gasteiger partial charge in [0.25, 0.3) is 5.92 Å². The maximum atomic E-state index is 13.3. The van der Waals surface area contributed by atoms with E-state index in [2.05, 4.69) is 30.2 Å². The van der Waals surface area contributed by atoms with Gasteiger partial charge in [-0.3, -0.25) is 0 Å². The summed E-state index contributed by atoms with van der Waals surface area (Å²) in [7, 11) is 1.53. The van der Waals surface area contributed by atoms with Crippen LogP contribution in [0, 0.1) is 6.92 Å². The maximum absolute atomic E-state index is 13.3. The minimum atomic E-state index is -2.99. The van der Waals surface area contributed by atoms with Gasteiger partial charge in [-0.25, -0.2) is 24.9 Å². The van der Waals surface area contributed by atoms with Crippen molar-refractivity contribution in [2.45, 2.75) is 26.4 Å². The Labute approximate surface area is 140 Å². The minimum Gasteiger partial charge on any atom is -0.377 e. The number of ether oxygens (including phenoxy) is 1. The summed E-state index contributed by atoms with van der Waals surface area (Å²) in [6.45, 7) is 2.80. The van der Waals surface area contributed by atoms with Gasteiger partial charge in [0.05, 0.1) is 11.9 Å². The third-order valence-electron chi connectivity index (χ3n) is 2.97. The Morgan fingerprint density at radius 3 is 2.67 bits per heavy atom. The van der Waals surface area contributed by atoms with Crippen LogP contribution in [-0.4, -0.2) is 32.0 Å². The molecule has 0 saturated carbocycles. The van der Waals surface area contributed by atoms with E-state index >= 15 is 0 Å². The number of hydrogen-bond donors (Lipinski definition) is 1. The molecule has 3 aromatic rings. The second-order valence-corrected chi connectivity index (χ2v) is 6.18. The van der Waals surface area contributed by atoms with Crippen LogP contribution in [0.3, 0.4) is 0 Å². The van der Waals surface area contributed by atoms with E-state index in [0.717, 1.165) is 18.3 Å². The number of alkyl halides is 2. The van der Waals surface area contributed by atoms with E-state index in [1.54, 1.807) is 13.1 Å². The largest absolute Gasteiger partial charge is 0.377 e. The number of aromatic nitrogens is 5. The van der Waals surface area contributed by atoms with Crippen LogP contribution in [0.4, 0.5) is 19.6 Å². The van der Waals surface area contributed by atoms with Crippen LogP contribution in [0.25, 0.3) is 11.2 Å². The molecule has 0 unspecified atom stereocenters. The molecular weight excluding hydrogens is 338 g/mol. The van der Waals surface area contributed by atoms with Crippen molar-refractivity contribution in [3.63, 3.8) is 0 Å². The Hall–Kier alpha value is -2.33. The lowest BCUT2D eigenvalue weighted by Crippen LogP contribution is -2.05. The fourth-order valence-electron chi connectivity index (χ4n) is 1.97. The Morgan fingerprint density at radius 1 is 1.21 bits per heavy atom. The Balaban J connectivity index is 2.02. The minimum absolute atomic E-state index is 0.196. The molecule has 0 amide bonds. The number of anilines is 2. The Morgan fingerprint density at radius 2 is 2.00 bits per heavy atom. The van der Waals surface area contributed by atoms with Crippen LogP contribution in [0.1, 0.15) is 23.4 Å². The summed E-state index contributed by atoms with van der Waals surface area (Å²) < 4.78 is 31.7. The number of nitrogens with zero attached hydrogens (tertiary/aromatic N) is 5. The summed E-state index contributed by atoms with van der Waals surface area (Å²) >= 11 is 0.854. The summed E-state index contributed by atoms with van der Waals surface area (Å²) in [5, 5.41) is 3.12. The van der Waals surface area contributed by atoms with Crippen molar-refractivity contribution >= 4 is 33.3 Å². The molecule has 3 aromatic heterocycles. The molecule has 0 bridgehead atoms. The first-order chi connectivity index (χ1) is 11.4. The van der Waals surface area contributed by atoms with E-state index in [0.29, 0.717) is 33.5 Å². The molecular formula is C14H14F2N6OS. The fourth-order valence-corrected chi connectivity index (χ4v) is 2.72. The normalized spacial score (nSPS) is 11.9. The van der Waals surface area contributed by atoms with Crippen LogP contribution >= 0.6 is 11.3 Å². The molecule has 3 heterocycles. The van der Waals surface area contributed by atoms with Gasteiger partial charge in [-0.1, -0.05) is 11.3 Å². The topological polar surface area (TPSA) is 85.7 Å². The van der Waals surface area contributed by atoms with E-state index in [1.165, 1.54) is 13.3 Å². The number of nitrogens with one attached hydrogen (secondary N) is 1. The summed E-state index contributed by atoms with van der Waals surface area (Å²) in [5.41, 5.74) is 1.56. The van der Waals surface area contributed by atoms with Gasteiger partial charge < -0.3 is 10.1 Å². The van der Waals surface area contributed by atoms with E-state index in [9.17, 15) is 8.78 Å². The monoisotopic (exact) mass is 352 g/mol. The standard InChI is InChI=1S/C14H14F2N6OS/c1-7-4-17-10-11(19-7)20-8(6-23-3)21-12(10)22-9-5-18-13(24-9)14(2,15)16/h4-5H,6H2,1-3H3,(H,19,20,21,22). The van der Waals surface area contributed by atoms with Crippen LogP contribution in [0.2, 0.25) is 0 Å². The smallest absolute Gasteiger partial charge is 0.296 e. The number of halogens is 2. The van der Waals surface area contributed by atoms with E-state index in [4.69, 9.17) is 4.74 Å². The predicted octanol–water partition coefficient (Wildman–Crippen LogP) is 3.19. The fraction of sp³-hybridized carbons (Fsp3) is 0.357. The lowest BCUT2D eigenvalue weighted by atomic mass is 10.4. The van der Waals surface area contributed by atoms with Crippen molar-refractivity contribution in [3.8, 4) is 0 Å². The van der Waals surface area contributed by atoms with Crippen LogP contribution in [0.15, 0.2) is 12.4 Å². The van der Waals surface area contributed by atoms with Crippen molar-refractivity contribution in [2.75, 3.05) is 12.4 Å². The first-order valence-electron chi connectivity index (χ1n) is 6.97. The maximum Gasteiger partial charge on any atom is 0.296 e. The molecule has 0 aliphatic rings. The van der Waals surface area contributed by atoms with E-state index in [-0.39, 0.29) is 11.6 Å². The molecule has 0 saturated heterocycles. The van der Waals surface area contributed by atoms with Crippen LogP contribution < -0.4 is 5.32 Å². The first kappa shape index (κ1) is 16.5. The number of hydrogen-bond acceptors (Lipinski definition) is 8. The van der Waals surface area contributed by atoms with Gasteiger partial charge >= 0.3 is 0 Å². The number of rotatable bonds is 5. The van der Waals surface area contributed by atoms with Crippen LogP contribution in [-0.2, 0) is 17.3 Å². The summed E-state index contributed by atoms with van der Waals surface area (Å²) in [6, 6.07) is 0. The highest BCUT2D eigenvalue weighted by molar-refractivity contribution is 7.15. The molecule has 126 valence electrons. The molecule has 0 fully saturated rings. The molecule has 7 nitrogen and oxygen atoms in total. The number of thiazole rings is 1. The van der Waals surface area contributed by atoms with Crippen molar-refractivity contribution in [3.05, 3.63) is 28.9 Å². The van der Waals surface area contributed by atoms with Crippen molar-refractivity contribution < 1.29 is 13.5 Å². The highest BCUT2D eigenvalue weighted by atomic mass is 32.1. The molecule has 3 rings (SSSR count). The third kappa shape index (κ3) is 3.44. The number of fused-ring (bicyclic) bond motifs is 1. The summed E-state index contributed by atoms with van der Waals surface area (Å²) in [6.07, 6.45) is 2.92. The molecule has 0 aromatic carbocycles. The van der Waals surface area contributed by atoms with Gasteiger partial charge in [0.2, 0.25) is 0 Å².